The Kier molecular flexibility index (Phi) is 4.05. The molecule has 0 radical (unpaired) electrons. The number of thiazole rings is 1. The van der Waals surface area contributed by atoms with Gasteiger partial charge in [-0.05, 0) is 55.5 Å². The summed E-state index contributed by atoms with van der Waals surface area (Å²) in [4.78, 5) is 9.69. The maximum atomic E-state index is 12.7. The average molecular weight is 371 g/mol. The molecule has 0 spiro atoms. The lowest BCUT2D eigenvalue weighted by Crippen LogP contribution is -2.13. The van der Waals surface area contributed by atoms with Crippen LogP contribution in [0.25, 0.3) is 10.4 Å². The molecule has 2 aromatic heterocycles. The molecule has 3 aromatic rings. The number of hydrogen-bond donors (Lipinski definition) is 1. The first-order chi connectivity index (χ1) is 12.0. The van der Waals surface area contributed by atoms with Crippen molar-refractivity contribution in [1.29, 1.82) is 0 Å². The highest BCUT2D eigenvalue weighted by Gasteiger charge is 2.20. The number of benzene rings is 1. The Labute approximate surface area is 150 Å². The van der Waals surface area contributed by atoms with Crippen molar-refractivity contribution >= 4 is 26.5 Å². The number of sulfonamides is 1. The zero-order valence-corrected chi connectivity index (χ0v) is 15.3. The molecule has 0 aliphatic heterocycles. The van der Waals surface area contributed by atoms with Gasteiger partial charge >= 0.3 is 0 Å². The summed E-state index contributed by atoms with van der Waals surface area (Å²) in [6.45, 7) is 1.87. The van der Waals surface area contributed by atoms with E-state index in [0.717, 1.165) is 41.0 Å². The molecule has 25 heavy (non-hydrogen) atoms. The van der Waals surface area contributed by atoms with E-state index in [-0.39, 0.29) is 0 Å². The smallest absolute Gasteiger partial charge is 0.263 e. The summed E-state index contributed by atoms with van der Waals surface area (Å²) in [7, 11) is -3.64. The van der Waals surface area contributed by atoms with Crippen molar-refractivity contribution in [3.63, 3.8) is 0 Å². The predicted octanol–water partition coefficient (Wildman–Crippen LogP) is 3.80. The second-order valence-electron chi connectivity index (χ2n) is 6.06. The largest absolute Gasteiger partial charge is 0.264 e. The monoisotopic (exact) mass is 371 g/mol. The zero-order chi connectivity index (χ0) is 17.4. The molecule has 2 heterocycles. The molecule has 5 nitrogen and oxygen atoms in total. The lowest BCUT2D eigenvalue weighted by Gasteiger charge is -2.07. The first kappa shape index (κ1) is 16.2. The molecule has 0 unspecified atom stereocenters. The molecular weight excluding hydrogens is 354 g/mol. The first-order valence-corrected chi connectivity index (χ1v) is 10.4. The normalized spacial score (nSPS) is 13.6. The fourth-order valence-corrected chi connectivity index (χ4v) is 5.34. The van der Waals surface area contributed by atoms with Gasteiger partial charge in [0.2, 0.25) is 0 Å². The number of nitrogens with one attached hydrogen (secondary N) is 1. The van der Waals surface area contributed by atoms with Crippen LogP contribution in [0, 0.1) is 6.92 Å². The summed E-state index contributed by atoms with van der Waals surface area (Å²) in [5.74, 6) is 0. The van der Waals surface area contributed by atoms with E-state index < -0.39 is 10.0 Å². The third-order valence-corrected chi connectivity index (χ3v) is 6.91. The number of hydrogen-bond acceptors (Lipinski definition) is 5. The van der Waals surface area contributed by atoms with Crippen LogP contribution >= 0.6 is 11.3 Å². The summed E-state index contributed by atoms with van der Waals surface area (Å²) in [5, 5.41) is 0.372. The topological polar surface area (TPSA) is 72.0 Å². The van der Waals surface area contributed by atoms with E-state index in [2.05, 4.69) is 14.7 Å². The molecule has 0 fully saturated rings. The van der Waals surface area contributed by atoms with Crippen LogP contribution in [0.2, 0.25) is 0 Å². The van der Waals surface area contributed by atoms with Gasteiger partial charge in [0.05, 0.1) is 15.5 Å². The minimum Gasteiger partial charge on any atom is -0.264 e. The summed E-state index contributed by atoms with van der Waals surface area (Å²) >= 11 is 1.32. The molecule has 128 valence electrons. The van der Waals surface area contributed by atoms with Crippen molar-refractivity contribution in [3.05, 3.63) is 59.5 Å². The molecule has 0 bridgehead atoms. The Bertz CT molecular complexity index is 1030. The molecule has 1 aliphatic carbocycles. The number of pyridine rings is 1. The molecule has 1 aliphatic rings. The predicted molar refractivity (Wildman–Crippen MR) is 99.4 cm³/mol. The molecule has 0 saturated carbocycles. The molecular formula is C18H17N3O2S2. The van der Waals surface area contributed by atoms with E-state index in [9.17, 15) is 8.42 Å². The number of anilines is 1. The lowest BCUT2D eigenvalue weighted by molar-refractivity contribution is 0.601. The molecule has 1 aromatic carbocycles. The van der Waals surface area contributed by atoms with E-state index in [1.54, 1.807) is 24.5 Å². The third kappa shape index (κ3) is 3.17. The van der Waals surface area contributed by atoms with Gasteiger partial charge in [0.15, 0.2) is 5.13 Å². The highest BCUT2D eigenvalue weighted by molar-refractivity contribution is 7.93. The number of aryl methyl sites for hydroxylation is 3. The number of nitrogens with zero attached hydrogens (tertiary/aromatic N) is 2. The Balaban J connectivity index is 1.64. The zero-order valence-electron chi connectivity index (χ0n) is 13.7. The second-order valence-corrected chi connectivity index (χ2v) is 8.75. The van der Waals surface area contributed by atoms with E-state index >= 15 is 0 Å². The van der Waals surface area contributed by atoms with Crippen LogP contribution in [0.4, 0.5) is 5.13 Å². The van der Waals surface area contributed by atoms with Crippen LogP contribution in [0.15, 0.2) is 47.6 Å². The molecule has 4 rings (SSSR count). The van der Waals surface area contributed by atoms with Gasteiger partial charge in [0, 0.05) is 18.0 Å². The Morgan fingerprint density at radius 2 is 2.00 bits per heavy atom. The van der Waals surface area contributed by atoms with Crippen LogP contribution < -0.4 is 4.72 Å². The number of rotatable bonds is 4. The van der Waals surface area contributed by atoms with Crippen LogP contribution in [-0.4, -0.2) is 18.4 Å². The Morgan fingerprint density at radius 3 is 2.80 bits per heavy atom. The van der Waals surface area contributed by atoms with Gasteiger partial charge in [-0.2, -0.15) is 0 Å². The summed E-state index contributed by atoms with van der Waals surface area (Å²) in [5.41, 5.74) is 4.10. The lowest BCUT2D eigenvalue weighted by atomic mass is 10.1. The Hall–Kier alpha value is -2.25. The van der Waals surface area contributed by atoms with E-state index in [0.29, 0.717) is 10.0 Å². The van der Waals surface area contributed by atoms with Gasteiger partial charge < -0.3 is 0 Å². The van der Waals surface area contributed by atoms with E-state index in [4.69, 9.17) is 0 Å². The molecule has 0 amide bonds. The van der Waals surface area contributed by atoms with Gasteiger partial charge in [0.25, 0.3) is 10.0 Å². The van der Waals surface area contributed by atoms with E-state index in [1.807, 2.05) is 25.1 Å². The first-order valence-electron chi connectivity index (χ1n) is 8.05. The van der Waals surface area contributed by atoms with Gasteiger partial charge in [-0.15, -0.1) is 0 Å². The van der Waals surface area contributed by atoms with Crippen molar-refractivity contribution in [3.8, 4) is 10.4 Å². The van der Waals surface area contributed by atoms with E-state index in [1.165, 1.54) is 16.9 Å². The maximum Gasteiger partial charge on any atom is 0.263 e. The fraction of sp³-hybridized carbons (Fsp3) is 0.222. The van der Waals surface area contributed by atoms with Gasteiger partial charge in [-0.3, -0.25) is 9.71 Å². The second kappa shape index (κ2) is 6.24. The Morgan fingerprint density at radius 1 is 1.16 bits per heavy atom. The van der Waals surface area contributed by atoms with Gasteiger partial charge in [-0.1, -0.05) is 23.5 Å². The fourth-order valence-electron chi connectivity index (χ4n) is 3.09. The highest BCUT2D eigenvalue weighted by Crippen LogP contribution is 2.33. The van der Waals surface area contributed by atoms with Crippen LogP contribution in [0.3, 0.4) is 0 Å². The minimum atomic E-state index is -3.64. The van der Waals surface area contributed by atoms with Crippen molar-refractivity contribution in [1.82, 2.24) is 9.97 Å². The number of fused-ring (bicyclic) bond motifs is 1. The molecule has 1 N–H and O–H groups in total. The standard InChI is InChI=1S/C18H17N3O2S2/c1-12-17(15-6-3-9-19-11-15)24-18(20-12)21-25(22,23)16-8-7-13-4-2-5-14(13)10-16/h3,6-11H,2,4-5H2,1H3,(H,20,21). The summed E-state index contributed by atoms with van der Waals surface area (Å²) in [6.07, 6.45) is 6.52. The minimum absolute atomic E-state index is 0.295. The number of aromatic nitrogens is 2. The average Bonchev–Trinajstić information content (AvgIpc) is 3.21. The van der Waals surface area contributed by atoms with Crippen molar-refractivity contribution in [2.24, 2.45) is 0 Å². The third-order valence-electron chi connectivity index (χ3n) is 4.32. The van der Waals surface area contributed by atoms with Crippen molar-refractivity contribution < 1.29 is 8.42 Å². The molecule has 7 heteroatoms. The molecule has 0 atom stereocenters. The van der Waals surface area contributed by atoms with Gasteiger partial charge in [0.1, 0.15) is 0 Å². The van der Waals surface area contributed by atoms with Crippen molar-refractivity contribution in [2.75, 3.05) is 4.72 Å². The highest BCUT2D eigenvalue weighted by atomic mass is 32.2. The van der Waals surface area contributed by atoms with Crippen molar-refractivity contribution in [2.45, 2.75) is 31.1 Å². The van der Waals surface area contributed by atoms with Crippen LogP contribution in [0.1, 0.15) is 23.2 Å². The quantitative estimate of drug-likeness (QED) is 0.757. The van der Waals surface area contributed by atoms with Crippen LogP contribution in [-0.2, 0) is 22.9 Å². The van der Waals surface area contributed by atoms with Crippen LogP contribution in [0.5, 0.6) is 0 Å². The SMILES string of the molecule is Cc1nc(NS(=O)(=O)c2ccc3c(c2)CCC3)sc1-c1cccnc1. The molecule has 0 saturated heterocycles. The maximum absolute atomic E-state index is 12.7. The summed E-state index contributed by atoms with van der Waals surface area (Å²) in [6, 6.07) is 9.17. The van der Waals surface area contributed by atoms with Gasteiger partial charge in [-0.25, -0.2) is 13.4 Å². The summed E-state index contributed by atoms with van der Waals surface area (Å²) < 4.78 is 28.0.